The van der Waals surface area contributed by atoms with Crippen LogP contribution in [0.25, 0.3) is 0 Å². The van der Waals surface area contributed by atoms with Crippen LogP contribution in [-0.2, 0) is 23.9 Å². The van der Waals surface area contributed by atoms with Gasteiger partial charge in [0.2, 0.25) is 5.91 Å². The van der Waals surface area contributed by atoms with E-state index in [4.69, 9.17) is 21.1 Å². The summed E-state index contributed by atoms with van der Waals surface area (Å²) in [7, 11) is 0. The van der Waals surface area contributed by atoms with E-state index < -0.39 is 35.6 Å². The predicted molar refractivity (Wildman–Crippen MR) is 144 cm³/mol. The highest BCUT2D eigenvalue weighted by atomic mass is 79.9. The molecule has 3 aliphatic heterocycles. The van der Waals surface area contributed by atoms with Crippen molar-refractivity contribution in [2.24, 2.45) is 11.8 Å². The summed E-state index contributed by atoms with van der Waals surface area (Å²) in [6, 6.07) is 6.02. The van der Waals surface area contributed by atoms with E-state index in [9.17, 15) is 19.5 Å². The lowest BCUT2D eigenvalue weighted by Crippen LogP contribution is -2.57. The lowest BCUT2D eigenvalue weighted by molar-refractivity contribution is -0.154. The lowest BCUT2D eigenvalue weighted by Gasteiger charge is -2.37. The Balaban J connectivity index is 1.75. The molecule has 10 heteroatoms. The molecule has 0 radical (unpaired) electrons. The molecule has 200 valence electrons. The number of hydrogen-bond donors (Lipinski definition) is 1. The largest absolute Gasteiger partial charge is 0.465 e. The first-order valence-corrected chi connectivity index (χ1v) is 13.8. The molecule has 1 aromatic rings. The first kappa shape index (κ1) is 27.8. The fourth-order valence-electron chi connectivity index (χ4n) is 5.91. The summed E-state index contributed by atoms with van der Waals surface area (Å²) >= 11 is 10.1. The number of aliphatic hydroxyl groups is 1. The molecule has 3 aliphatic rings. The molecular formula is C27H32BrClN2O6. The third-order valence-corrected chi connectivity index (χ3v) is 8.55. The molecule has 1 N–H and O–H groups in total. The summed E-state index contributed by atoms with van der Waals surface area (Å²) in [6.07, 6.45) is 4.52. The number of nitrogens with zero attached hydrogens (tertiary/aromatic N) is 2. The normalized spacial score (nSPS) is 29.8. The molecule has 4 rings (SSSR count). The molecule has 3 fully saturated rings. The first-order chi connectivity index (χ1) is 17.8. The second kappa shape index (κ2) is 11.7. The van der Waals surface area contributed by atoms with Crippen LogP contribution in [0.3, 0.4) is 0 Å². The molecular weight excluding hydrogens is 564 g/mol. The zero-order chi connectivity index (χ0) is 26.7. The minimum Gasteiger partial charge on any atom is -0.465 e. The molecule has 3 saturated heterocycles. The first-order valence-electron chi connectivity index (χ1n) is 12.5. The molecule has 8 nitrogen and oxygen atoms in total. The number of ether oxygens (including phenoxy) is 2. The third kappa shape index (κ3) is 4.87. The van der Waals surface area contributed by atoms with Gasteiger partial charge in [-0.05, 0) is 37.8 Å². The van der Waals surface area contributed by atoms with Crippen molar-refractivity contribution in [1.29, 1.82) is 0 Å². The minimum absolute atomic E-state index is 0.0300. The fraction of sp³-hybridized carbons (Fsp3) is 0.519. The molecule has 0 aliphatic carbocycles. The number of carbonyl (C=O) groups is 3. The van der Waals surface area contributed by atoms with Gasteiger partial charge >= 0.3 is 5.97 Å². The van der Waals surface area contributed by atoms with E-state index in [2.05, 4.69) is 29.1 Å². The Morgan fingerprint density at radius 1 is 1.30 bits per heavy atom. The highest BCUT2D eigenvalue weighted by molar-refractivity contribution is 9.09. The van der Waals surface area contributed by atoms with E-state index in [1.807, 2.05) is 0 Å². The average molecular weight is 596 g/mol. The van der Waals surface area contributed by atoms with Crippen molar-refractivity contribution in [3.63, 3.8) is 0 Å². The van der Waals surface area contributed by atoms with Crippen molar-refractivity contribution in [1.82, 2.24) is 4.90 Å². The molecule has 0 aromatic heterocycles. The number of esters is 1. The van der Waals surface area contributed by atoms with Crippen LogP contribution in [0, 0.1) is 11.8 Å². The Bertz CT molecular complexity index is 1070. The Kier molecular flexibility index (Phi) is 8.78. The number of carbonyl (C=O) groups excluding carboxylic acids is 3. The Hall–Kier alpha value is -2.20. The van der Waals surface area contributed by atoms with Gasteiger partial charge in [-0.2, -0.15) is 0 Å². The lowest BCUT2D eigenvalue weighted by atomic mass is 9.70. The van der Waals surface area contributed by atoms with Crippen molar-refractivity contribution in [3.8, 4) is 0 Å². The van der Waals surface area contributed by atoms with Gasteiger partial charge in [0.05, 0.1) is 35.3 Å². The van der Waals surface area contributed by atoms with Gasteiger partial charge in [-0.25, -0.2) is 0 Å². The van der Waals surface area contributed by atoms with Crippen LogP contribution in [0.4, 0.5) is 5.69 Å². The Morgan fingerprint density at radius 2 is 2.05 bits per heavy atom. The van der Waals surface area contributed by atoms with Crippen molar-refractivity contribution in [2.75, 3.05) is 31.2 Å². The number of unbranched alkanes of at least 4 members (excludes halogenated alkanes) is 1. The van der Waals surface area contributed by atoms with Crippen LogP contribution in [0.1, 0.15) is 25.7 Å². The SMILES string of the molecule is C=CCCOC(=O)[C@H]1[C@@H]2OC3(CC2Br)C(C(=O)N(CC=C)c2ccccc2Cl)N(CCCCO)C(=O)[C@H]13. The number of alkyl halides is 1. The number of fused-ring (bicyclic) bond motifs is 1. The number of anilines is 1. The van der Waals surface area contributed by atoms with Gasteiger partial charge in [0.1, 0.15) is 11.6 Å². The summed E-state index contributed by atoms with van der Waals surface area (Å²) in [5.74, 6) is -2.84. The molecule has 3 heterocycles. The number of amides is 2. The fourth-order valence-corrected chi connectivity index (χ4v) is 7.09. The molecule has 37 heavy (non-hydrogen) atoms. The molecule has 2 bridgehead atoms. The predicted octanol–water partition coefficient (Wildman–Crippen LogP) is 3.50. The quantitative estimate of drug-likeness (QED) is 0.172. The number of para-hydroxylation sites is 1. The van der Waals surface area contributed by atoms with Crippen molar-refractivity contribution >= 4 is 51.0 Å². The number of aliphatic hydroxyl groups excluding tert-OH is 1. The van der Waals surface area contributed by atoms with Gasteiger partial charge in [-0.1, -0.05) is 51.8 Å². The Labute approximate surface area is 230 Å². The van der Waals surface area contributed by atoms with Gasteiger partial charge in [-0.15, -0.1) is 13.2 Å². The van der Waals surface area contributed by atoms with Crippen LogP contribution < -0.4 is 4.90 Å². The minimum atomic E-state index is -1.20. The van der Waals surface area contributed by atoms with E-state index in [-0.39, 0.29) is 42.9 Å². The summed E-state index contributed by atoms with van der Waals surface area (Å²) in [6.45, 7) is 8.00. The molecule has 0 saturated carbocycles. The molecule has 3 unspecified atom stereocenters. The van der Waals surface area contributed by atoms with Gasteiger partial charge < -0.3 is 24.4 Å². The monoisotopic (exact) mass is 594 g/mol. The van der Waals surface area contributed by atoms with E-state index in [1.54, 1.807) is 36.4 Å². The number of hydrogen-bond acceptors (Lipinski definition) is 6. The molecule has 6 atom stereocenters. The number of benzene rings is 1. The maximum absolute atomic E-state index is 14.3. The van der Waals surface area contributed by atoms with E-state index in [0.717, 1.165) is 0 Å². The van der Waals surface area contributed by atoms with Crippen LogP contribution in [0.2, 0.25) is 5.02 Å². The number of rotatable bonds is 12. The summed E-state index contributed by atoms with van der Waals surface area (Å²) in [5.41, 5.74) is -0.699. The van der Waals surface area contributed by atoms with Crippen LogP contribution in [0.15, 0.2) is 49.6 Å². The van der Waals surface area contributed by atoms with Crippen molar-refractivity contribution < 1.29 is 29.0 Å². The van der Waals surface area contributed by atoms with Crippen LogP contribution in [-0.4, -0.2) is 76.7 Å². The number of halogens is 2. The second-order valence-corrected chi connectivity index (χ2v) is 11.1. The van der Waals surface area contributed by atoms with E-state index in [0.29, 0.717) is 36.4 Å². The maximum atomic E-state index is 14.3. The Morgan fingerprint density at radius 3 is 2.73 bits per heavy atom. The van der Waals surface area contributed by atoms with Crippen molar-refractivity contribution in [3.05, 3.63) is 54.6 Å². The average Bonchev–Trinajstić information content (AvgIpc) is 3.46. The van der Waals surface area contributed by atoms with Crippen molar-refractivity contribution in [2.45, 2.75) is 48.3 Å². The highest BCUT2D eigenvalue weighted by Gasteiger charge is 2.77. The zero-order valence-corrected chi connectivity index (χ0v) is 22.9. The number of likely N-dealkylation sites (tertiary alicyclic amines) is 1. The summed E-state index contributed by atoms with van der Waals surface area (Å²) in [5, 5.41) is 9.72. The van der Waals surface area contributed by atoms with Gasteiger partial charge in [0.15, 0.2) is 0 Å². The van der Waals surface area contributed by atoms with Crippen LogP contribution >= 0.6 is 27.5 Å². The second-order valence-electron chi connectivity index (χ2n) is 9.56. The van der Waals surface area contributed by atoms with Crippen LogP contribution in [0.5, 0.6) is 0 Å². The third-order valence-electron chi connectivity index (χ3n) is 7.39. The van der Waals surface area contributed by atoms with E-state index in [1.165, 1.54) is 9.80 Å². The highest BCUT2D eigenvalue weighted by Crippen LogP contribution is 2.60. The summed E-state index contributed by atoms with van der Waals surface area (Å²) < 4.78 is 12.0. The standard InChI is InChI=1S/C27H32BrClN2O6/c1-3-5-15-36-26(35)20-21-24(33)31(13-8-9-14-32)23(27(21)16-17(28)22(20)37-27)25(34)30(12-4-2)19-11-7-6-10-18(19)29/h3-4,6-7,10-11,17,20-23,32H,1-2,5,8-9,12-16H2/t17?,20-,21+,22-,23?,27?/m1/s1. The van der Waals surface area contributed by atoms with Gasteiger partial charge in [0.25, 0.3) is 5.91 Å². The van der Waals surface area contributed by atoms with Gasteiger partial charge in [-0.3, -0.25) is 14.4 Å². The molecule has 1 spiro atoms. The smallest absolute Gasteiger partial charge is 0.312 e. The molecule has 2 amide bonds. The topological polar surface area (TPSA) is 96.4 Å². The van der Waals surface area contributed by atoms with E-state index >= 15 is 0 Å². The molecule has 1 aromatic carbocycles. The van der Waals surface area contributed by atoms with Gasteiger partial charge in [0, 0.05) is 24.5 Å². The summed E-state index contributed by atoms with van der Waals surface area (Å²) in [4.78, 5) is 44.3. The zero-order valence-electron chi connectivity index (χ0n) is 20.6. The maximum Gasteiger partial charge on any atom is 0.312 e.